The van der Waals surface area contributed by atoms with Gasteiger partial charge in [-0.1, -0.05) is 0 Å². The van der Waals surface area contributed by atoms with Gasteiger partial charge in [0.25, 0.3) is 0 Å². The Bertz CT molecular complexity index is 139. The average molecular weight is 198 g/mol. The quantitative estimate of drug-likeness (QED) is 0.492. The first-order chi connectivity index (χ1) is 5.06. The van der Waals surface area contributed by atoms with E-state index in [-0.39, 0.29) is 6.61 Å². The lowest BCUT2D eigenvalue weighted by molar-refractivity contribution is -0.870. The fourth-order valence-corrected chi connectivity index (χ4v) is 0.300. The molecule has 0 radical (unpaired) electrons. The maximum Gasteiger partial charge on any atom is 0.194 e. The Hall–Kier alpha value is 0.110. The molecule has 0 saturated carbocycles. The van der Waals surface area contributed by atoms with Gasteiger partial charge >= 0.3 is 0 Å². The minimum Gasteiger partial charge on any atom is -0.391 e. The summed E-state index contributed by atoms with van der Waals surface area (Å²) in [5, 5.41) is 8.39. The number of nitrogens with zero attached hydrogens (tertiary/aromatic N) is 1. The standard InChI is InChI=1S/C5H14NO.C2H7O2P/c1-6(2,3)4-5-7;1-5(2,3)4/h7H,4-5H2,1-3H3;1-2H3,(H,3,4)/q+1;. The molecule has 0 aliphatic heterocycles. The van der Waals surface area contributed by atoms with Crippen molar-refractivity contribution < 1.29 is 19.0 Å². The molecule has 0 heterocycles. The third kappa shape index (κ3) is 49.7. The number of aliphatic hydroxyl groups is 1. The van der Waals surface area contributed by atoms with E-state index in [9.17, 15) is 4.57 Å². The molecule has 0 rings (SSSR count). The highest BCUT2D eigenvalue weighted by atomic mass is 31.2. The molecule has 0 aromatic carbocycles. The van der Waals surface area contributed by atoms with Gasteiger partial charge in [0, 0.05) is 13.3 Å². The summed E-state index contributed by atoms with van der Waals surface area (Å²) < 4.78 is 10.6. The zero-order valence-corrected chi connectivity index (χ0v) is 9.51. The van der Waals surface area contributed by atoms with Crippen molar-refractivity contribution in [3.63, 3.8) is 0 Å². The second kappa shape index (κ2) is 5.70. The molecule has 76 valence electrons. The molecule has 0 unspecified atom stereocenters. The maximum atomic E-state index is 9.77. The minimum atomic E-state index is -2.64. The zero-order valence-electron chi connectivity index (χ0n) is 8.61. The van der Waals surface area contributed by atoms with E-state index >= 15 is 0 Å². The van der Waals surface area contributed by atoms with E-state index in [2.05, 4.69) is 21.1 Å². The Morgan fingerprint density at radius 2 is 1.50 bits per heavy atom. The van der Waals surface area contributed by atoms with Crippen molar-refractivity contribution in [1.29, 1.82) is 0 Å². The summed E-state index contributed by atoms with van der Waals surface area (Å²) in [6, 6.07) is 0. The molecule has 0 saturated heterocycles. The second-order valence-electron chi connectivity index (χ2n) is 4.03. The lowest BCUT2D eigenvalue weighted by Crippen LogP contribution is -2.36. The molecule has 0 aliphatic carbocycles. The highest BCUT2D eigenvalue weighted by Gasteiger charge is 2.02. The van der Waals surface area contributed by atoms with Gasteiger partial charge in [-0.25, -0.2) is 0 Å². The summed E-state index contributed by atoms with van der Waals surface area (Å²) in [4.78, 5) is 8.08. The van der Waals surface area contributed by atoms with Crippen LogP contribution in [0.4, 0.5) is 0 Å². The molecule has 0 spiro atoms. The van der Waals surface area contributed by atoms with Crippen LogP contribution in [0.5, 0.6) is 0 Å². The number of quaternary nitrogens is 1. The molecule has 0 fully saturated rings. The van der Waals surface area contributed by atoms with Crippen molar-refractivity contribution >= 4 is 7.37 Å². The van der Waals surface area contributed by atoms with Gasteiger partial charge in [0.1, 0.15) is 6.54 Å². The predicted octanol–water partition coefficient (Wildman–Crippen LogP) is 0.201. The number of likely N-dealkylation sites (N-methyl/N-ethyl adjacent to an activating group) is 1. The Morgan fingerprint density at radius 1 is 1.25 bits per heavy atom. The van der Waals surface area contributed by atoms with Crippen LogP contribution in [0, 0.1) is 0 Å². The van der Waals surface area contributed by atoms with Crippen LogP contribution in [0.3, 0.4) is 0 Å². The van der Waals surface area contributed by atoms with Crippen molar-refractivity contribution in [3.8, 4) is 0 Å². The monoisotopic (exact) mass is 198 g/mol. The Balaban J connectivity index is 0. The van der Waals surface area contributed by atoms with Gasteiger partial charge in [-0.05, 0) is 0 Å². The van der Waals surface area contributed by atoms with E-state index in [0.717, 1.165) is 11.0 Å². The third-order valence-electron chi connectivity index (χ3n) is 0.771. The fourth-order valence-electron chi connectivity index (χ4n) is 0.300. The number of hydrogen-bond acceptors (Lipinski definition) is 2. The number of hydrogen-bond donors (Lipinski definition) is 2. The largest absolute Gasteiger partial charge is 0.391 e. The summed E-state index contributed by atoms with van der Waals surface area (Å²) in [6.45, 7) is 3.71. The highest BCUT2D eigenvalue weighted by Crippen LogP contribution is 2.27. The molecular formula is C7H21NO3P+. The molecule has 0 amide bonds. The normalized spacial score (nSPS) is 11.9. The molecule has 0 aromatic rings. The van der Waals surface area contributed by atoms with E-state index in [1.165, 1.54) is 13.3 Å². The van der Waals surface area contributed by atoms with Crippen LogP contribution < -0.4 is 0 Å². The SMILES string of the molecule is CP(C)(=O)O.C[N+](C)(C)CCO. The smallest absolute Gasteiger partial charge is 0.194 e. The van der Waals surface area contributed by atoms with Crippen LogP contribution >= 0.6 is 7.37 Å². The lowest BCUT2D eigenvalue weighted by atomic mass is 10.5. The molecule has 0 atom stereocenters. The Labute approximate surface area is 74.9 Å². The van der Waals surface area contributed by atoms with E-state index < -0.39 is 7.37 Å². The zero-order chi connectivity index (χ0) is 10.4. The van der Waals surface area contributed by atoms with Crippen molar-refractivity contribution in [2.45, 2.75) is 0 Å². The van der Waals surface area contributed by atoms with Crippen molar-refractivity contribution in [3.05, 3.63) is 0 Å². The van der Waals surface area contributed by atoms with Crippen LogP contribution in [-0.2, 0) is 4.57 Å². The second-order valence-corrected chi connectivity index (χ2v) is 6.62. The van der Waals surface area contributed by atoms with Crippen molar-refractivity contribution in [2.24, 2.45) is 0 Å². The Kier molecular flexibility index (Phi) is 6.95. The van der Waals surface area contributed by atoms with Gasteiger partial charge in [-0.15, -0.1) is 0 Å². The fraction of sp³-hybridized carbons (Fsp3) is 1.00. The molecule has 0 bridgehead atoms. The molecule has 4 nitrogen and oxygen atoms in total. The highest BCUT2D eigenvalue weighted by molar-refractivity contribution is 7.56. The van der Waals surface area contributed by atoms with Gasteiger partial charge in [-0.3, -0.25) is 4.57 Å². The van der Waals surface area contributed by atoms with Crippen LogP contribution in [0.15, 0.2) is 0 Å². The van der Waals surface area contributed by atoms with Crippen LogP contribution in [0.25, 0.3) is 0 Å². The summed E-state index contributed by atoms with van der Waals surface area (Å²) in [6.07, 6.45) is 0. The van der Waals surface area contributed by atoms with Gasteiger partial charge < -0.3 is 14.5 Å². The number of aliphatic hydroxyl groups excluding tert-OH is 1. The van der Waals surface area contributed by atoms with Crippen LogP contribution in [0.1, 0.15) is 0 Å². The van der Waals surface area contributed by atoms with Gasteiger partial charge in [0.15, 0.2) is 7.37 Å². The van der Waals surface area contributed by atoms with Gasteiger partial charge in [0.05, 0.1) is 27.7 Å². The summed E-state index contributed by atoms with van der Waals surface area (Å²) in [5.41, 5.74) is 0. The Morgan fingerprint density at radius 3 is 1.50 bits per heavy atom. The van der Waals surface area contributed by atoms with Gasteiger partial charge in [-0.2, -0.15) is 0 Å². The maximum absolute atomic E-state index is 9.77. The molecule has 0 aromatic heterocycles. The van der Waals surface area contributed by atoms with E-state index in [1.807, 2.05) is 0 Å². The van der Waals surface area contributed by atoms with Crippen molar-refractivity contribution in [2.75, 3.05) is 47.6 Å². The van der Waals surface area contributed by atoms with E-state index in [1.54, 1.807) is 0 Å². The first kappa shape index (κ1) is 14.6. The third-order valence-corrected chi connectivity index (χ3v) is 0.771. The first-order valence-electron chi connectivity index (χ1n) is 3.75. The van der Waals surface area contributed by atoms with Crippen LogP contribution in [-0.4, -0.2) is 62.1 Å². The summed E-state index contributed by atoms with van der Waals surface area (Å²) >= 11 is 0. The molecule has 12 heavy (non-hydrogen) atoms. The molecular weight excluding hydrogens is 177 g/mol. The summed E-state index contributed by atoms with van der Waals surface area (Å²) in [7, 11) is 3.52. The molecule has 0 aliphatic rings. The van der Waals surface area contributed by atoms with Crippen LogP contribution in [0.2, 0.25) is 0 Å². The first-order valence-corrected chi connectivity index (χ1v) is 6.31. The van der Waals surface area contributed by atoms with E-state index in [0.29, 0.717) is 0 Å². The average Bonchev–Trinajstić information content (AvgIpc) is 1.54. The summed E-state index contributed by atoms with van der Waals surface area (Å²) in [5.74, 6) is 0. The topological polar surface area (TPSA) is 57.5 Å². The molecule has 5 heteroatoms. The molecule has 2 N–H and O–H groups in total. The number of rotatable bonds is 2. The predicted molar refractivity (Wildman–Crippen MR) is 51.7 cm³/mol. The van der Waals surface area contributed by atoms with Gasteiger partial charge in [0.2, 0.25) is 0 Å². The minimum absolute atomic E-state index is 0.281. The van der Waals surface area contributed by atoms with E-state index in [4.69, 9.17) is 10.00 Å². The lowest BCUT2D eigenvalue weighted by Gasteiger charge is -2.21. The van der Waals surface area contributed by atoms with Crippen molar-refractivity contribution in [1.82, 2.24) is 0 Å².